The van der Waals surface area contributed by atoms with Crippen LogP contribution in [0.15, 0.2) is 51.8 Å². The van der Waals surface area contributed by atoms with E-state index in [-0.39, 0.29) is 15.8 Å². The molecule has 1 aliphatic rings. The van der Waals surface area contributed by atoms with Crippen LogP contribution in [-0.4, -0.2) is 54.5 Å². The molecule has 2 aromatic carbocycles. The molecule has 1 saturated heterocycles. The molecular formula is C23H26N4O4S2. The molecule has 33 heavy (non-hydrogen) atoms. The predicted octanol–water partition coefficient (Wildman–Crippen LogP) is 3.72. The average molecular weight is 487 g/mol. The number of fused-ring (bicyclic) bond motifs is 1. The molecular weight excluding hydrogens is 460 g/mol. The summed E-state index contributed by atoms with van der Waals surface area (Å²) in [5.74, 6) is 0. The Bertz CT molecular complexity index is 1330. The first kappa shape index (κ1) is 23.6. The molecule has 0 spiro atoms. The molecule has 0 unspecified atom stereocenters. The summed E-state index contributed by atoms with van der Waals surface area (Å²) in [6, 6.07) is 14.7. The van der Waals surface area contributed by atoms with Gasteiger partial charge in [0.2, 0.25) is 10.0 Å². The zero-order valence-corrected chi connectivity index (χ0v) is 20.2. The summed E-state index contributed by atoms with van der Waals surface area (Å²) in [5.41, 5.74) is 2.87. The van der Waals surface area contributed by atoms with E-state index in [1.54, 1.807) is 30.3 Å². The zero-order chi connectivity index (χ0) is 23.6. The molecule has 0 radical (unpaired) electrons. The minimum atomic E-state index is -3.64. The molecule has 3 aromatic rings. The largest absolute Gasteiger partial charge is 0.429 e. The smallest absolute Gasteiger partial charge is 0.270 e. The Morgan fingerprint density at radius 3 is 2.48 bits per heavy atom. The fourth-order valence-corrected chi connectivity index (χ4v) is 5.44. The van der Waals surface area contributed by atoms with Crippen molar-refractivity contribution in [1.29, 1.82) is 5.26 Å². The van der Waals surface area contributed by atoms with Gasteiger partial charge < -0.3 is 9.15 Å². The van der Waals surface area contributed by atoms with Crippen LogP contribution in [-0.2, 0) is 28.0 Å². The van der Waals surface area contributed by atoms with E-state index < -0.39 is 10.0 Å². The van der Waals surface area contributed by atoms with E-state index >= 15 is 0 Å². The van der Waals surface area contributed by atoms with Crippen LogP contribution >= 0.6 is 12.2 Å². The van der Waals surface area contributed by atoms with Crippen LogP contribution in [0.2, 0.25) is 0 Å². The van der Waals surface area contributed by atoms with E-state index in [2.05, 4.69) is 24.8 Å². The maximum atomic E-state index is 13.1. The van der Waals surface area contributed by atoms with Crippen molar-refractivity contribution >= 4 is 33.3 Å². The van der Waals surface area contributed by atoms with Crippen molar-refractivity contribution in [2.45, 2.75) is 38.0 Å². The SMILES string of the molecule is CC(C)N(Cc1ccc(C#N)cc1)Cn1c(=S)oc2ccc(S(=O)(=O)N3CCOCC3)cc21. The topological polar surface area (TPSA) is 91.7 Å². The van der Waals surface area contributed by atoms with Gasteiger partial charge >= 0.3 is 0 Å². The van der Waals surface area contributed by atoms with Gasteiger partial charge in [-0.3, -0.25) is 9.47 Å². The third kappa shape index (κ3) is 5.03. The summed E-state index contributed by atoms with van der Waals surface area (Å²) in [7, 11) is -3.64. The quantitative estimate of drug-likeness (QED) is 0.470. The summed E-state index contributed by atoms with van der Waals surface area (Å²) in [6.07, 6.45) is 0. The summed E-state index contributed by atoms with van der Waals surface area (Å²) in [5, 5.41) is 9.03. The third-order valence-corrected chi connectivity index (χ3v) is 7.97. The minimum Gasteiger partial charge on any atom is -0.429 e. The Morgan fingerprint density at radius 1 is 1.15 bits per heavy atom. The van der Waals surface area contributed by atoms with Crippen molar-refractivity contribution < 1.29 is 17.6 Å². The summed E-state index contributed by atoms with van der Waals surface area (Å²) < 4.78 is 40.6. The number of hydrogen-bond acceptors (Lipinski definition) is 7. The van der Waals surface area contributed by atoms with E-state index in [0.717, 1.165) is 5.56 Å². The van der Waals surface area contributed by atoms with Crippen LogP contribution in [0.1, 0.15) is 25.0 Å². The Hall–Kier alpha value is -2.55. The van der Waals surface area contributed by atoms with Crippen LogP contribution in [0.3, 0.4) is 0 Å². The van der Waals surface area contributed by atoms with Crippen molar-refractivity contribution in [3.05, 3.63) is 58.4 Å². The molecule has 10 heteroatoms. The zero-order valence-electron chi connectivity index (χ0n) is 18.6. The molecule has 0 amide bonds. The van der Waals surface area contributed by atoms with E-state index in [0.29, 0.717) is 56.2 Å². The van der Waals surface area contributed by atoms with Crippen LogP contribution in [0.5, 0.6) is 0 Å². The molecule has 1 aliphatic heterocycles. The highest BCUT2D eigenvalue weighted by molar-refractivity contribution is 7.89. The van der Waals surface area contributed by atoms with Crippen LogP contribution in [0.4, 0.5) is 0 Å². The van der Waals surface area contributed by atoms with E-state index in [1.807, 2.05) is 16.7 Å². The highest BCUT2D eigenvalue weighted by atomic mass is 32.2. The number of nitriles is 1. The van der Waals surface area contributed by atoms with Gasteiger partial charge in [-0.1, -0.05) is 12.1 Å². The first-order valence-electron chi connectivity index (χ1n) is 10.7. The maximum Gasteiger partial charge on any atom is 0.270 e. The molecule has 0 atom stereocenters. The lowest BCUT2D eigenvalue weighted by Gasteiger charge is -2.27. The molecule has 2 heterocycles. The molecule has 0 saturated carbocycles. The Labute approximate surface area is 198 Å². The van der Waals surface area contributed by atoms with Crippen molar-refractivity contribution in [1.82, 2.24) is 13.8 Å². The molecule has 1 fully saturated rings. The highest BCUT2D eigenvalue weighted by Gasteiger charge is 2.27. The summed E-state index contributed by atoms with van der Waals surface area (Å²) in [4.78, 5) is 2.70. The van der Waals surface area contributed by atoms with Crippen molar-refractivity contribution in [3.63, 3.8) is 0 Å². The van der Waals surface area contributed by atoms with Crippen molar-refractivity contribution in [3.8, 4) is 6.07 Å². The van der Waals surface area contributed by atoms with Crippen LogP contribution < -0.4 is 0 Å². The van der Waals surface area contributed by atoms with Crippen molar-refractivity contribution in [2.24, 2.45) is 0 Å². The molecule has 8 nitrogen and oxygen atoms in total. The van der Waals surface area contributed by atoms with Crippen LogP contribution in [0.25, 0.3) is 11.1 Å². The molecule has 0 aliphatic carbocycles. The van der Waals surface area contributed by atoms with E-state index in [1.165, 1.54) is 4.31 Å². The Morgan fingerprint density at radius 2 is 1.85 bits per heavy atom. The molecule has 174 valence electrons. The highest BCUT2D eigenvalue weighted by Crippen LogP contribution is 2.25. The lowest BCUT2D eigenvalue weighted by atomic mass is 10.1. The second kappa shape index (κ2) is 9.75. The standard InChI is InChI=1S/C23H26N4O4S2/c1-17(2)25(15-19-5-3-18(14-24)4-6-19)16-27-21-13-20(7-8-22(21)31-23(27)32)33(28,29)26-9-11-30-12-10-26/h3-8,13,17H,9-12,15-16H2,1-2H3. The Kier molecular flexibility index (Phi) is 6.97. The number of rotatable bonds is 7. The second-order valence-corrected chi connectivity index (χ2v) is 10.5. The van der Waals surface area contributed by atoms with Gasteiger partial charge in [-0.15, -0.1) is 0 Å². The number of ether oxygens (including phenoxy) is 1. The summed E-state index contributed by atoms with van der Waals surface area (Å²) in [6.45, 7) is 6.71. The van der Waals surface area contributed by atoms with Gasteiger partial charge in [-0.25, -0.2) is 8.42 Å². The van der Waals surface area contributed by atoms with E-state index in [4.69, 9.17) is 26.6 Å². The number of nitrogens with zero attached hydrogens (tertiary/aromatic N) is 4. The van der Waals surface area contributed by atoms with E-state index in [9.17, 15) is 8.42 Å². The Balaban J connectivity index is 1.65. The normalized spacial score (nSPS) is 15.4. The average Bonchev–Trinajstić information content (AvgIpc) is 3.13. The van der Waals surface area contributed by atoms with Crippen LogP contribution in [0, 0.1) is 16.2 Å². The van der Waals surface area contributed by atoms with Gasteiger partial charge in [-0.05, 0) is 62.0 Å². The summed E-state index contributed by atoms with van der Waals surface area (Å²) >= 11 is 5.47. The predicted molar refractivity (Wildman–Crippen MR) is 126 cm³/mol. The first-order chi connectivity index (χ1) is 15.8. The fraction of sp³-hybridized carbons (Fsp3) is 0.391. The number of sulfonamides is 1. The van der Waals surface area contributed by atoms with Gasteiger partial charge in [-0.2, -0.15) is 9.57 Å². The molecule has 0 bridgehead atoms. The van der Waals surface area contributed by atoms with Gasteiger partial charge in [0.25, 0.3) is 4.84 Å². The second-order valence-electron chi connectivity index (χ2n) is 8.23. The fourth-order valence-electron chi connectivity index (χ4n) is 3.77. The number of morpholine rings is 1. The minimum absolute atomic E-state index is 0.188. The lowest BCUT2D eigenvalue weighted by molar-refractivity contribution is 0.0730. The van der Waals surface area contributed by atoms with Gasteiger partial charge in [0.15, 0.2) is 5.58 Å². The number of aromatic nitrogens is 1. The monoisotopic (exact) mass is 486 g/mol. The first-order valence-corrected chi connectivity index (χ1v) is 12.6. The number of oxazole rings is 1. The lowest BCUT2D eigenvalue weighted by Crippen LogP contribution is -2.40. The van der Waals surface area contributed by atoms with Gasteiger partial charge in [0.1, 0.15) is 0 Å². The number of hydrogen-bond donors (Lipinski definition) is 0. The van der Waals surface area contributed by atoms with Crippen molar-refractivity contribution in [2.75, 3.05) is 26.3 Å². The van der Waals surface area contributed by atoms with Gasteiger partial charge in [0, 0.05) is 25.7 Å². The number of benzene rings is 2. The maximum absolute atomic E-state index is 13.1. The molecule has 0 N–H and O–H groups in total. The molecule has 4 rings (SSSR count). The third-order valence-electron chi connectivity index (χ3n) is 5.77. The van der Waals surface area contributed by atoms with Gasteiger partial charge in [0.05, 0.1) is 41.9 Å². The molecule has 1 aromatic heterocycles.